The van der Waals surface area contributed by atoms with Crippen molar-refractivity contribution in [2.24, 2.45) is 11.7 Å². The number of hydrogen-bond donors (Lipinski definition) is 1. The Bertz CT molecular complexity index is 558. The molecule has 2 aliphatic rings. The first kappa shape index (κ1) is 15.2. The van der Waals surface area contributed by atoms with E-state index in [2.05, 4.69) is 0 Å². The van der Waals surface area contributed by atoms with Gasteiger partial charge in [-0.1, -0.05) is 0 Å². The van der Waals surface area contributed by atoms with Crippen LogP contribution in [0.5, 0.6) is 0 Å². The second kappa shape index (κ2) is 6.20. The first-order valence-corrected chi connectivity index (χ1v) is 7.79. The SMILES string of the molecule is NC1CCC(C(=O)N2CCN(c3cc(F)ccc3F)CC2)C1. The fraction of sp³-hybridized carbons (Fsp3) is 0.562. The number of amides is 1. The highest BCUT2D eigenvalue weighted by Gasteiger charge is 2.32. The normalized spacial score (nSPS) is 25.6. The van der Waals surface area contributed by atoms with Gasteiger partial charge in [0.1, 0.15) is 11.6 Å². The van der Waals surface area contributed by atoms with Gasteiger partial charge in [-0.25, -0.2) is 8.78 Å². The van der Waals surface area contributed by atoms with Crippen LogP contribution in [0.3, 0.4) is 0 Å². The number of halogens is 2. The lowest BCUT2D eigenvalue weighted by Gasteiger charge is -2.37. The number of benzene rings is 1. The van der Waals surface area contributed by atoms with Crippen LogP contribution in [0.2, 0.25) is 0 Å². The summed E-state index contributed by atoms with van der Waals surface area (Å²) in [6.07, 6.45) is 2.53. The molecule has 2 N–H and O–H groups in total. The largest absolute Gasteiger partial charge is 0.366 e. The number of hydrogen-bond acceptors (Lipinski definition) is 3. The van der Waals surface area contributed by atoms with Crippen molar-refractivity contribution < 1.29 is 13.6 Å². The van der Waals surface area contributed by atoms with Gasteiger partial charge in [-0.15, -0.1) is 0 Å². The van der Waals surface area contributed by atoms with Crippen molar-refractivity contribution >= 4 is 11.6 Å². The van der Waals surface area contributed by atoms with Gasteiger partial charge in [0.05, 0.1) is 5.69 Å². The summed E-state index contributed by atoms with van der Waals surface area (Å²) in [5.41, 5.74) is 6.14. The summed E-state index contributed by atoms with van der Waals surface area (Å²) in [6.45, 7) is 2.12. The minimum absolute atomic E-state index is 0.0347. The summed E-state index contributed by atoms with van der Waals surface area (Å²) in [4.78, 5) is 16.1. The average Bonchev–Trinajstić information content (AvgIpc) is 2.96. The molecular formula is C16H21F2N3O. The molecule has 0 radical (unpaired) electrons. The number of nitrogens with two attached hydrogens (primary N) is 1. The van der Waals surface area contributed by atoms with Crippen LogP contribution in [0.25, 0.3) is 0 Å². The van der Waals surface area contributed by atoms with Crippen molar-refractivity contribution in [2.75, 3.05) is 31.1 Å². The highest BCUT2D eigenvalue weighted by molar-refractivity contribution is 5.79. The van der Waals surface area contributed by atoms with Crippen LogP contribution in [-0.2, 0) is 4.79 Å². The van der Waals surface area contributed by atoms with Gasteiger partial charge in [-0.2, -0.15) is 0 Å². The van der Waals surface area contributed by atoms with Gasteiger partial charge in [0, 0.05) is 44.2 Å². The van der Waals surface area contributed by atoms with E-state index in [9.17, 15) is 13.6 Å². The molecule has 1 aromatic carbocycles. The molecule has 2 unspecified atom stereocenters. The van der Waals surface area contributed by atoms with Gasteiger partial charge in [0.15, 0.2) is 0 Å². The molecule has 120 valence electrons. The lowest BCUT2D eigenvalue weighted by Crippen LogP contribution is -2.50. The molecule has 3 rings (SSSR count). The number of carbonyl (C=O) groups is 1. The Labute approximate surface area is 128 Å². The highest BCUT2D eigenvalue weighted by atomic mass is 19.1. The number of piperazine rings is 1. The number of anilines is 1. The fourth-order valence-corrected chi connectivity index (χ4v) is 3.39. The topological polar surface area (TPSA) is 49.6 Å². The van der Waals surface area contributed by atoms with Gasteiger partial charge >= 0.3 is 0 Å². The van der Waals surface area contributed by atoms with Crippen molar-refractivity contribution in [3.8, 4) is 0 Å². The van der Waals surface area contributed by atoms with Crippen molar-refractivity contribution in [3.05, 3.63) is 29.8 Å². The quantitative estimate of drug-likeness (QED) is 0.905. The molecule has 2 atom stereocenters. The van der Waals surface area contributed by atoms with Crippen molar-refractivity contribution in [1.29, 1.82) is 0 Å². The predicted octanol–water partition coefficient (Wildman–Crippen LogP) is 1.74. The molecule has 22 heavy (non-hydrogen) atoms. The van der Waals surface area contributed by atoms with Gasteiger partial charge in [0.25, 0.3) is 0 Å². The van der Waals surface area contributed by atoms with E-state index in [1.54, 1.807) is 4.90 Å². The first-order chi connectivity index (χ1) is 10.5. The average molecular weight is 309 g/mol. The Morgan fingerprint density at radius 2 is 1.86 bits per heavy atom. The number of nitrogens with zero attached hydrogens (tertiary/aromatic N) is 2. The van der Waals surface area contributed by atoms with Crippen LogP contribution >= 0.6 is 0 Å². The zero-order chi connectivity index (χ0) is 15.7. The zero-order valence-corrected chi connectivity index (χ0v) is 12.5. The summed E-state index contributed by atoms with van der Waals surface area (Å²) in [5.74, 6) is -0.683. The van der Waals surface area contributed by atoms with E-state index in [0.29, 0.717) is 26.2 Å². The standard InChI is InChI=1S/C16H21F2N3O/c17-12-2-4-14(18)15(10-12)20-5-7-21(8-6-20)16(22)11-1-3-13(19)9-11/h2,4,10-11,13H,1,3,5-9,19H2. The minimum Gasteiger partial charge on any atom is -0.366 e. The van der Waals surface area contributed by atoms with E-state index < -0.39 is 11.6 Å². The van der Waals surface area contributed by atoms with Gasteiger partial charge in [-0.3, -0.25) is 4.79 Å². The summed E-state index contributed by atoms with van der Waals surface area (Å²) < 4.78 is 27.1. The zero-order valence-electron chi connectivity index (χ0n) is 12.5. The van der Waals surface area contributed by atoms with E-state index in [4.69, 9.17) is 5.73 Å². The minimum atomic E-state index is -0.449. The molecule has 4 nitrogen and oxygen atoms in total. The molecule has 1 aliphatic heterocycles. The summed E-state index contributed by atoms with van der Waals surface area (Å²) in [6, 6.07) is 3.60. The van der Waals surface area contributed by atoms with E-state index in [0.717, 1.165) is 31.4 Å². The van der Waals surface area contributed by atoms with Crippen molar-refractivity contribution in [2.45, 2.75) is 25.3 Å². The number of rotatable bonds is 2. The van der Waals surface area contributed by atoms with E-state index in [1.807, 2.05) is 4.90 Å². The molecule has 0 aromatic heterocycles. The Hall–Kier alpha value is -1.69. The van der Waals surface area contributed by atoms with Crippen LogP contribution in [-0.4, -0.2) is 43.0 Å². The molecular weight excluding hydrogens is 288 g/mol. The molecule has 0 spiro atoms. The Morgan fingerprint density at radius 1 is 1.14 bits per heavy atom. The number of carbonyl (C=O) groups excluding carboxylic acids is 1. The molecule has 1 aliphatic carbocycles. The van der Waals surface area contributed by atoms with Gasteiger partial charge < -0.3 is 15.5 Å². The molecule has 6 heteroatoms. The van der Waals surface area contributed by atoms with E-state index in [1.165, 1.54) is 6.07 Å². The molecule has 0 bridgehead atoms. The Kier molecular flexibility index (Phi) is 4.29. The smallest absolute Gasteiger partial charge is 0.225 e. The monoisotopic (exact) mass is 309 g/mol. The van der Waals surface area contributed by atoms with E-state index in [-0.39, 0.29) is 23.6 Å². The maximum absolute atomic E-state index is 13.8. The van der Waals surface area contributed by atoms with Crippen molar-refractivity contribution in [3.63, 3.8) is 0 Å². The summed E-state index contributed by atoms with van der Waals surface area (Å²) in [5, 5.41) is 0. The predicted molar refractivity (Wildman–Crippen MR) is 80.5 cm³/mol. The molecule has 1 heterocycles. The Morgan fingerprint density at radius 3 is 2.50 bits per heavy atom. The maximum atomic E-state index is 13.8. The third-order valence-corrected chi connectivity index (χ3v) is 4.66. The molecule has 1 saturated heterocycles. The first-order valence-electron chi connectivity index (χ1n) is 7.79. The van der Waals surface area contributed by atoms with Gasteiger partial charge in [0.2, 0.25) is 5.91 Å². The maximum Gasteiger partial charge on any atom is 0.225 e. The molecule has 1 amide bonds. The lowest BCUT2D eigenvalue weighted by molar-refractivity contribution is -0.135. The summed E-state index contributed by atoms with van der Waals surface area (Å²) in [7, 11) is 0. The second-order valence-corrected chi connectivity index (χ2v) is 6.18. The second-order valence-electron chi connectivity index (χ2n) is 6.18. The van der Waals surface area contributed by atoms with Crippen LogP contribution in [0.4, 0.5) is 14.5 Å². The third kappa shape index (κ3) is 3.06. The highest BCUT2D eigenvalue weighted by Crippen LogP contribution is 2.27. The van der Waals surface area contributed by atoms with Crippen LogP contribution in [0, 0.1) is 17.6 Å². The van der Waals surface area contributed by atoms with Crippen molar-refractivity contribution in [1.82, 2.24) is 4.90 Å². The molecule has 2 fully saturated rings. The van der Waals surface area contributed by atoms with Gasteiger partial charge in [-0.05, 0) is 31.4 Å². The molecule has 1 aromatic rings. The van der Waals surface area contributed by atoms with E-state index >= 15 is 0 Å². The summed E-state index contributed by atoms with van der Waals surface area (Å²) >= 11 is 0. The molecule has 1 saturated carbocycles. The fourth-order valence-electron chi connectivity index (χ4n) is 3.39. The van der Waals surface area contributed by atoms with Crippen LogP contribution in [0.15, 0.2) is 18.2 Å². The lowest BCUT2D eigenvalue weighted by atomic mass is 10.1. The third-order valence-electron chi connectivity index (χ3n) is 4.66. The Balaban J connectivity index is 1.60. The van der Waals surface area contributed by atoms with Crippen LogP contribution < -0.4 is 10.6 Å². The van der Waals surface area contributed by atoms with Crippen LogP contribution in [0.1, 0.15) is 19.3 Å².